The van der Waals surface area contributed by atoms with Crippen LogP contribution < -0.4 is 10.5 Å². The highest BCUT2D eigenvalue weighted by atomic mass is 32.2. The molecule has 0 bridgehead atoms. The second-order valence-corrected chi connectivity index (χ2v) is 6.26. The van der Waals surface area contributed by atoms with Crippen LogP contribution in [-0.2, 0) is 10.2 Å². The summed E-state index contributed by atoms with van der Waals surface area (Å²) in [5, 5.41) is 0. The van der Waals surface area contributed by atoms with Crippen LogP contribution in [0.4, 0.5) is 0 Å². The van der Waals surface area contributed by atoms with E-state index in [1.165, 1.54) is 6.42 Å². The standard InChI is InChI=1S/C11H25N3O2S/c1-2-13-17(15,16)14(10-6-9-12)11-7-4-3-5-8-11/h11,13H,2-10,12H2,1H3. The van der Waals surface area contributed by atoms with Gasteiger partial charge in [0.25, 0.3) is 10.2 Å². The first-order chi connectivity index (χ1) is 8.11. The number of nitrogens with one attached hydrogen (secondary N) is 1. The van der Waals surface area contributed by atoms with Crippen molar-refractivity contribution in [2.45, 2.75) is 51.5 Å². The first-order valence-electron chi connectivity index (χ1n) is 6.58. The first-order valence-corrected chi connectivity index (χ1v) is 8.02. The molecule has 0 aromatic carbocycles. The molecule has 0 atom stereocenters. The van der Waals surface area contributed by atoms with Crippen LogP contribution in [0.25, 0.3) is 0 Å². The minimum atomic E-state index is -3.32. The van der Waals surface area contributed by atoms with Crippen LogP contribution in [0.15, 0.2) is 0 Å². The largest absolute Gasteiger partial charge is 0.330 e. The Hall–Kier alpha value is -0.170. The maximum atomic E-state index is 12.1. The summed E-state index contributed by atoms with van der Waals surface area (Å²) >= 11 is 0. The molecule has 0 unspecified atom stereocenters. The molecule has 1 rings (SSSR count). The van der Waals surface area contributed by atoms with Crippen LogP contribution in [0.2, 0.25) is 0 Å². The number of hydrogen-bond donors (Lipinski definition) is 2. The molecule has 3 N–H and O–H groups in total. The van der Waals surface area contributed by atoms with E-state index in [1.807, 2.05) is 0 Å². The summed E-state index contributed by atoms with van der Waals surface area (Å²) in [6.45, 7) is 3.31. The van der Waals surface area contributed by atoms with Gasteiger partial charge in [-0.15, -0.1) is 0 Å². The lowest BCUT2D eigenvalue weighted by molar-refractivity contribution is 0.249. The van der Waals surface area contributed by atoms with Gasteiger partial charge in [0.1, 0.15) is 0 Å². The lowest BCUT2D eigenvalue weighted by Gasteiger charge is -2.33. The van der Waals surface area contributed by atoms with Crippen molar-refractivity contribution in [1.29, 1.82) is 0 Å². The number of nitrogens with two attached hydrogens (primary N) is 1. The zero-order valence-electron chi connectivity index (χ0n) is 10.7. The molecule has 1 aliphatic carbocycles. The Morgan fingerprint density at radius 1 is 1.29 bits per heavy atom. The van der Waals surface area contributed by atoms with Gasteiger partial charge in [0.05, 0.1) is 0 Å². The van der Waals surface area contributed by atoms with Crippen molar-refractivity contribution in [3.63, 3.8) is 0 Å². The van der Waals surface area contributed by atoms with Gasteiger partial charge in [0, 0.05) is 19.1 Å². The molecule has 1 fully saturated rings. The summed E-state index contributed by atoms with van der Waals surface area (Å²) in [5.74, 6) is 0. The van der Waals surface area contributed by atoms with Crippen molar-refractivity contribution in [2.75, 3.05) is 19.6 Å². The summed E-state index contributed by atoms with van der Waals surface area (Å²) in [6, 6.07) is 0.166. The molecule has 17 heavy (non-hydrogen) atoms. The fraction of sp³-hybridized carbons (Fsp3) is 1.00. The lowest BCUT2D eigenvalue weighted by atomic mass is 9.95. The highest BCUT2D eigenvalue weighted by Crippen LogP contribution is 2.24. The molecule has 0 radical (unpaired) electrons. The van der Waals surface area contributed by atoms with E-state index in [0.29, 0.717) is 19.6 Å². The molecule has 0 aliphatic heterocycles. The van der Waals surface area contributed by atoms with Gasteiger partial charge in [0.2, 0.25) is 0 Å². The smallest absolute Gasteiger partial charge is 0.279 e. The average molecular weight is 263 g/mol. The van der Waals surface area contributed by atoms with Gasteiger partial charge < -0.3 is 5.73 Å². The van der Waals surface area contributed by atoms with Gasteiger partial charge in [0.15, 0.2) is 0 Å². The fourth-order valence-corrected chi connectivity index (χ4v) is 3.88. The van der Waals surface area contributed by atoms with Crippen LogP contribution in [-0.4, -0.2) is 38.4 Å². The lowest BCUT2D eigenvalue weighted by Crippen LogP contribution is -2.48. The highest BCUT2D eigenvalue weighted by Gasteiger charge is 2.29. The third-order valence-corrected chi connectivity index (χ3v) is 4.95. The molecule has 6 heteroatoms. The van der Waals surface area contributed by atoms with E-state index >= 15 is 0 Å². The minimum Gasteiger partial charge on any atom is -0.330 e. The van der Waals surface area contributed by atoms with E-state index in [-0.39, 0.29) is 6.04 Å². The Kier molecular flexibility index (Phi) is 6.40. The monoisotopic (exact) mass is 263 g/mol. The zero-order chi connectivity index (χ0) is 12.7. The molecule has 5 nitrogen and oxygen atoms in total. The van der Waals surface area contributed by atoms with E-state index in [2.05, 4.69) is 4.72 Å². The van der Waals surface area contributed by atoms with E-state index in [9.17, 15) is 8.42 Å². The summed E-state index contributed by atoms with van der Waals surface area (Å²) in [6.07, 6.45) is 6.17. The third-order valence-electron chi connectivity index (χ3n) is 3.20. The van der Waals surface area contributed by atoms with Gasteiger partial charge in [-0.2, -0.15) is 12.7 Å². The third kappa shape index (κ3) is 4.54. The van der Waals surface area contributed by atoms with Crippen molar-refractivity contribution in [3.05, 3.63) is 0 Å². The Labute approximate surface area is 105 Å². The number of hydrogen-bond acceptors (Lipinski definition) is 3. The van der Waals surface area contributed by atoms with Crippen LogP contribution in [0.3, 0.4) is 0 Å². The molecule has 0 aromatic heterocycles. The quantitative estimate of drug-likeness (QED) is 0.714. The molecule has 0 heterocycles. The number of nitrogens with zero attached hydrogens (tertiary/aromatic N) is 1. The SMILES string of the molecule is CCNS(=O)(=O)N(CCCN)C1CCCCC1. The summed E-state index contributed by atoms with van der Waals surface area (Å²) in [4.78, 5) is 0. The van der Waals surface area contributed by atoms with Crippen molar-refractivity contribution < 1.29 is 8.42 Å². The predicted octanol–water partition coefficient (Wildman–Crippen LogP) is 0.824. The van der Waals surface area contributed by atoms with Crippen LogP contribution in [0.5, 0.6) is 0 Å². The van der Waals surface area contributed by atoms with E-state index in [4.69, 9.17) is 5.73 Å². The van der Waals surface area contributed by atoms with E-state index in [1.54, 1.807) is 11.2 Å². The maximum Gasteiger partial charge on any atom is 0.279 e. The van der Waals surface area contributed by atoms with Crippen molar-refractivity contribution in [2.24, 2.45) is 5.73 Å². The summed E-state index contributed by atoms with van der Waals surface area (Å²) in [7, 11) is -3.32. The molecule has 1 saturated carbocycles. The maximum absolute atomic E-state index is 12.1. The molecule has 102 valence electrons. The van der Waals surface area contributed by atoms with Crippen LogP contribution >= 0.6 is 0 Å². The molecule has 1 aliphatic rings. The highest BCUT2D eigenvalue weighted by molar-refractivity contribution is 7.87. The fourth-order valence-electron chi connectivity index (χ4n) is 2.38. The molecular weight excluding hydrogens is 238 g/mol. The van der Waals surface area contributed by atoms with Crippen molar-refractivity contribution in [1.82, 2.24) is 9.03 Å². The second-order valence-electron chi connectivity index (χ2n) is 4.55. The Bertz CT molecular complexity index is 300. The van der Waals surface area contributed by atoms with Crippen molar-refractivity contribution in [3.8, 4) is 0 Å². The topological polar surface area (TPSA) is 75.4 Å². The molecule has 0 saturated heterocycles. The summed E-state index contributed by atoms with van der Waals surface area (Å²) in [5.41, 5.74) is 5.48. The zero-order valence-corrected chi connectivity index (χ0v) is 11.5. The second kappa shape index (κ2) is 7.31. The predicted molar refractivity (Wildman–Crippen MR) is 69.8 cm³/mol. The Balaban J connectivity index is 2.70. The van der Waals surface area contributed by atoms with Gasteiger partial charge in [-0.25, -0.2) is 4.72 Å². The van der Waals surface area contributed by atoms with E-state index < -0.39 is 10.2 Å². The number of rotatable bonds is 7. The van der Waals surface area contributed by atoms with Gasteiger partial charge in [-0.05, 0) is 25.8 Å². The van der Waals surface area contributed by atoms with Crippen LogP contribution in [0, 0.1) is 0 Å². The molecule has 0 aromatic rings. The van der Waals surface area contributed by atoms with E-state index in [0.717, 1.165) is 32.1 Å². The normalized spacial score (nSPS) is 18.8. The Morgan fingerprint density at radius 3 is 2.47 bits per heavy atom. The summed E-state index contributed by atoms with van der Waals surface area (Å²) < 4.78 is 28.4. The van der Waals surface area contributed by atoms with Crippen molar-refractivity contribution >= 4 is 10.2 Å². The van der Waals surface area contributed by atoms with Gasteiger partial charge >= 0.3 is 0 Å². The molecular formula is C11H25N3O2S. The van der Waals surface area contributed by atoms with Gasteiger partial charge in [-0.1, -0.05) is 26.2 Å². The minimum absolute atomic E-state index is 0.166. The molecule has 0 amide bonds. The average Bonchev–Trinajstić information content (AvgIpc) is 2.30. The van der Waals surface area contributed by atoms with Gasteiger partial charge in [-0.3, -0.25) is 0 Å². The Morgan fingerprint density at radius 2 is 1.94 bits per heavy atom. The first kappa shape index (κ1) is 14.9. The molecule has 0 spiro atoms. The van der Waals surface area contributed by atoms with Crippen LogP contribution in [0.1, 0.15) is 45.4 Å².